The van der Waals surface area contributed by atoms with E-state index in [1.807, 2.05) is 24.3 Å². The van der Waals surface area contributed by atoms with Crippen molar-refractivity contribution in [3.8, 4) is 17.1 Å². The van der Waals surface area contributed by atoms with E-state index in [9.17, 15) is 4.79 Å². The number of ether oxygens (including phenoxy) is 1. The number of imidazole rings is 1. The van der Waals surface area contributed by atoms with E-state index in [-0.39, 0.29) is 17.8 Å². The van der Waals surface area contributed by atoms with Gasteiger partial charge in [-0.15, -0.1) is 0 Å². The summed E-state index contributed by atoms with van der Waals surface area (Å²) in [5, 5.41) is 0. The van der Waals surface area contributed by atoms with Crippen LogP contribution in [0.5, 0.6) is 5.75 Å². The molecule has 1 aliphatic carbocycles. The molecule has 0 bridgehead atoms. The van der Waals surface area contributed by atoms with Gasteiger partial charge in [0.1, 0.15) is 22.6 Å². The van der Waals surface area contributed by atoms with Crippen LogP contribution in [0.3, 0.4) is 0 Å². The SMILES string of the molecule is NC(=O)[C@@H](Cc1cc2c3c(c1)nc(-c1ccc4nc(N)oc4c1)n3CCCO2)C1CC1. The first-order valence-corrected chi connectivity index (χ1v) is 10.7. The molecule has 4 aromatic rings. The number of nitrogen functional groups attached to an aromatic ring is 1. The molecule has 0 unspecified atom stereocenters. The average Bonchev–Trinajstić information content (AvgIpc) is 3.45. The topological polar surface area (TPSA) is 122 Å². The number of benzene rings is 2. The first-order valence-electron chi connectivity index (χ1n) is 10.7. The lowest BCUT2D eigenvalue weighted by Gasteiger charge is -2.13. The van der Waals surface area contributed by atoms with Crippen molar-refractivity contribution in [2.75, 3.05) is 12.3 Å². The number of carbonyl (C=O) groups is 1. The summed E-state index contributed by atoms with van der Waals surface area (Å²) in [6, 6.07) is 10.1. The van der Waals surface area contributed by atoms with Crippen LogP contribution in [0.25, 0.3) is 33.5 Å². The zero-order valence-electron chi connectivity index (χ0n) is 17.0. The van der Waals surface area contributed by atoms with E-state index < -0.39 is 0 Å². The molecule has 6 rings (SSSR count). The van der Waals surface area contributed by atoms with Crippen molar-refractivity contribution in [1.82, 2.24) is 14.5 Å². The molecular weight excluding hydrogens is 394 g/mol. The minimum atomic E-state index is -0.222. The van der Waals surface area contributed by atoms with Crippen LogP contribution < -0.4 is 16.2 Å². The maximum atomic E-state index is 12.0. The zero-order valence-corrected chi connectivity index (χ0v) is 17.0. The Labute approximate surface area is 178 Å². The lowest BCUT2D eigenvalue weighted by Crippen LogP contribution is -2.26. The second kappa shape index (κ2) is 6.73. The third-order valence-corrected chi connectivity index (χ3v) is 6.33. The Morgan fingerprint density at radius 1 is 1.19 bits per heavy atom. The van der Waals surface area contributed by atoms with Crippen LogP contribution in [0, 0.1) is 11.8 Å². The number of hydrogen-bond acceptors (Lipinski definition) is 6. The Kier molecular flexibility index (Phi) is 3.96. The summed E-state index contributed by atoms with van der Waals surface area (Å²) < 4.78 is 13.8. The van der Waals surface area contributed by atoms with E-state index in [2.05, 4.69) is 15.6 Å². The number of nitrogens with zero attached hydrogens (tertiary/aromatic N) is 3. The molecule has 1 aliphatic heterocycles. The van der Waals surface area contributed by atoms with Crippen molar-refractivity contribution in [3.63, 3.8) is 0 Å². The number of anilines is 1. The van der Waals surface area contributed by atoms with Gasteiger partial charge in [-0.2, -0.15) is 4.98 Å². The molecule has 1 saturated carbocycles. The second-order valence-corrected chi connectivity index (χ2v) is 8.54. The molecule has 2 aromatic heterocycles. The first-order chi connectivity index (χ1) is 15.1. The van der Waals surface area contributed by atoms with Gasteiger partial charge in [0.05, 0.1) is 12.1 Å². The van der Waals surface area contributed by atoms with Gasteiger partial charge in [0.15, 0.2) is 5.58 Å². The van der Waals surface area contributed by atoms with Gasteiger partial charge in [-0.1, -0.05) is 0 Å². The fraction of sp³-hybridized carbons (Fsp3) is 0.348. The van der Waals surface area contributed by atoms with Gasteiger partial charge < -0.3 is 25.2 Å². The highest BCUT2D eigenvalue weighted by molar-refractivity contribution is 5.89. The third-order valence-electron chi connectivity index (χ3n) is 6.33. The molecule has 0 spiro atoms. The van der Waals surface area contributed by atoms with E-state index in [1.54, 1.807) is 0 Å². The first kappa shape index (κ1) is 18.2. The molecule has 1 atom stereocenters. The number of nitrogens with two attached hydrogens (primary N) is 2. The van der Waals surface area contributed by atoms with Crippen LogP contribution in [0.15, 0.2) is 34.7 Å². The lowest BCUT2D eigenvalue weighted by molar-refractivity contribution is -0.122. The maximum Gasteiger partial charge on any atom is 0.292 e. The summed E-state index contributed by atoms with van der Waals surface area (Å²) in [5.41, 5.74) is 16.6. The van der Waals surface area contributed by atoms with Gasteiger partial charge in [0, 0.05) is 18.0 Å². The molecule has 8 nitrogen and oxygen atoms in total. The highest BCUT2D eigenvalue weighted by Gasteiger charge is 2.35. The Morgan fingerprint density at radius 2 is 2.06 bits per heavy atom. The van der Waals surface area contributed by atoms with Gasteiger partial charge in [-0.05, 0) is 67.5 Å². The molecule has 1 amide bonds. The van der Waals surface area contributed by atoms with Crippen LogP contribution in [0.4, 0.5) is 6.01 Å². The highest BCUT2D eigenvalue weighted by Crippen LogP contribution is 2.40. The number of hydrogen-bond donors (Lipinski definition) is 2. The third kappa shape index (κ3) is 3.10. The minimum Gasteiger partial charge on any atom is -0.491 e. The summed E-state index contributed by atoms with van der Waals surface area (Å²) in [6.07, 6.45) is 3.66. The number of carbonyl (C=O) groups excluding carboxylic acids is 1. The van der Waals surface area contributed by atoms with Crippen molar-refractivity contribution in [1.29, 1.82) is 0 Å². The minimum absolute atomic E-state index is 0.128. The standard InChI is InChI=1S/C23H23N5O3/c24-21(29)15(13-2-3-13)8-12-9-17-20-19(10-12)30-7-1-6-28(20)22(26-17)14-4-5-16-18(11-14)31-23(25)27-16/h4-5,9-11,13,15H,1-3,6-8H2,(H2,24,29)(H2,25,27)/t15-/m0/s1. The van der Waals surface area contributed by atoms with E-state index in [1.165, 1.54) is 0 Å². The Bertz CT molecular complexity index is 1330. The Hall–Kier alpha value is -3.55. The second-order valence-electron chi connectivity index (χ2n) is 8.54. The van der Waals surface area contributed by atoms with E-state index in [4.69, 9.17) is 25.6 Å². The average molecular weight is 417 g/mol. The molecule has 2 aromatic carbocycles. The predicted molar refractivity (Wildman–Crippen MR) is 116 cm³/mol. The summed E-state index contributed by atoms with van der Waals surface area (Å²) in [6.45, 7) is 1.44. The van der Waals surface area contributed by atoms with Gasteiger partial charge in [-0.3, -0.25) is 4.79 Å². The molecule has 158 valence electrons. The zero-order chi connectivity index (χ0) is 21.1. The van der Waals surface area contributed by atoms with Gasteiger partial charge in [0.2, 0.25) is 5.91 Å². The fourth-order valence-electron chi connectivity index (χ4n) is 4.69. The molecule has 1 fully saturated rings. The normalized spacial score (nSPS) is 16.9. The summed E-state index contributed by atoms with van der Waals surface area (Å²) in [4.78, 5) is 21.1. The van der Waals surface area contributed by atoms with Crippen molar-refractivity contribution in [2.45, 2.75) is 32.2 Å². The Balaban J connectivity index is 1.48. The maximum absolute atomic E-state index is 12.0. The highest BCUT2D eigenvalue weighted by atomic mass is 16.5. The van der Waals surface area contributed by atoms with Crippen LogP contribution in [0.2, 0.25) is 0 Å². The van der Waals surface area contributed by atoms with Crippen LogP contribution in [0.1, 0.15) is 24.8 Å². The number of primary amides is 1. The number of rotatable bonds is 5. The molecule has 2 aliphatic rings. The summed E-state index contributed by atoms with van der Waals surface area (Å²) in [7, 11) is 0. The molecular formula is C23H23N5O3. The van der Waals surface area contributed by atoms with Gasteiger partial charge in [-0.25, -0.2) is 4.98 Å². The smallest absolute Gasteiger partial charge is 0.292 e. The largest absolute Gasteiger partial charge is 0.491 e. The van der Waals surface area contributed by atoms with Gasteiger partial charge in [0.25, 0.3) is 6.01 Å². The summed E-state index contributed by atoms with van der Waals surface area (Å²) in [5.74, 6) is 1.72. The molecule has 0 saturated heterocycles. The molecule has 3 heterocycles. The molecule has 0 radical (unpaired) electrons. The monoisotopic (exact) mass is 417 g/mol. The molecule has 4 N–H and O–H groups in total. The lowest BCUT2D eigenvalue weighted by atomic mass is 9.94. The molecule has 8 heteroatoms. The van der Waals surface area contributed by atoms with E-state index >= 15 is 0 Å². The number of aryl methyl sites for hydroxylation is 1. The number of fused-ring (bicyclic) bond motifs is 1. The van der Waals surface area contributed by atoms with Crippen LogP contribution >= 0.6 is 0 Å². The van der Waals surface area contributed by atoms with Gasteiger partial charge >= 0.3 is 0 Å². The van der Waals surface area contributed by atoms with Crippen molar-refractivity contribution in [2.24, 2.45) is 17.6 Å². The van der Waals surface area contributed by atoms with Crippen LogP contribution in [-0.4, -0.2) is 27.0 Å². The van der Waals surface area contributed by atoms with E-state index in [0.717, 1.165) is 65.1 Å². The predicted octanol–water partition coefficient (Wildman–Crippen LogP) is 3.26. The quantitative estimate of drug-likeness (QED) is 0.514. The molecule has 31 heavy (non-hydrogen) atoms. The number of oxazole rings is 1. The van der Waals surface area contributed by atoms with Crippen molar-refractivity contribution >= 4 is 34.1 Å². The van der Waals surface area contributed by atoms with Crippen LogP contribution in [-0.2, 0) is 17.8 Å². The van der Waals surface area contributed by atoms with Crippen molar-refractivity contribution in [3.05, 3.63) is 35.9 Å². The van der Waals surface area contributed by atoms with Crippen molar-refractivity contribution < 1.29 is 13.9 Å². The Morgan fingerprint density at radius 3 is 2.87 bits per heavy atom. The number of amides is 1. The fourth-order valence-corrected chi connectivity index (χ4v) is 4.69. The summed E-state index contributed by atoms with van der Waals surface area (Å²) >= 11 is 0. The number of aromatic nitrogens is 3. The van der Waals surface area contributed by atoms with E-state index in [0.29, 0.717) is 24.5 Å².